The van der Waals surface area contributed by atoms with Crippen molar-refractivity contribution in [2.24, 2.45) is 23.0 Å². The summed E-state index contributed by atoms with van der Waals surface area (Å²) in [7, 11) is -0.356. The van der Waals surface area contributed by atoms with Gasteiger partial charge in [0, 0.05) is 0 Å². The lowest BCUT2D eigenvalue weighted by Gasteiger charge is -2.64. The zero-order chi connectivity index (χ0) is 16.9. The van der Waals surface area contributed by atoms with Crippen LogP contribution in [0.15, 0.2) is 30.3 Å². The van der Waals surface area contributed by atoms with E-state index in [1.165, 1.54) is 6.42 Å². The number of nitrogens with two attached hydrogens (primary N) is 1. The fraction of sp³-hybridized carbons (Fsp3) is 0.684. The van der Waals surface area contributed by atoms with Crippen molar-refractivity contribution in [2.75, 3.05) is 6.61 Å². The van der Waals surface area contributed by atoms with Crippen molar-refractivity contribution < 1.29 is 14.0 Å². The van der Waals surface area contributed by atoms with E-state index in [2.05, 4.69) is 32.9 Å². The Morgan fingerprint density at radius 1 is 1.25 bits per heavy atom. The Morgan fingerprint density at radius 3 is 2.71 bits per heavy atom. The molecule has 1 saturated heterocycles. The third-order valence-corrected chi connectivity index (χ3v) is 6.74. The normalized spacial score (nSPS) is 37.7. The van der Waals surface area contributed by atoms with Crippen LogP contribution in [0.5, 0.6) is 0 Å². The van der Waals surface area contributed by atoms with Crippen molar-refractivity contribution in [2.45, 2.75) is 57.9 Å². The number of rotatable bonds is 5. The number of benzene rings is 1. The molecule has 4 aliphatic rings. The molecule has 1 aliphatic heterocycles. The third-order valence-electron chi connectivity index (χ3n) is 6.74. The second-order valence-corrected chi connectivity index (χ2v) is 8.50. The van der Waals surface area contributed by atoms with Gasteiger partial charge in [-0.3, -0.25) is 0 Å². The van der Waals surface area contributed by atoms with Crippen LogP contribution in [0.4, 0.5) is 0 Å². The van der Waals surface area contributed by atoms with Crippen molar-refractivity contribution in [3.63, 3.8) is 0 Å². The van der Waals surface area contributed by atoms with Gasteiger partial charge in [0.25, 0.3) is 0 Å². The summed E-state index contributed by atoms with van der Waals surface area (Å²) in [6.07, 6.45) is 2.53. The van der Waals surface area contributed by atoms with E-state index < -0.39 is 0 Å². The molecule has 130 valence electrons. The zero-order valence-electron chi connectivity index (χ0n) is 14.9. The minimum absolute atomic E-state index is 0.180. The molecule has 0 aromatic heterocycles. The smallest absolute Gasteiger partial charge is 0.404 e. The van der Waals surface area contributed by atoms with Crippen LogP contribution in [0.2, 0.25) is 0 Å². The summed E-state index contributed by atoms with van der Waals surface area (Å²) >= 11 is 0. The Bertz CT molecular complexity index is 596. The van der Waals surface area contributed by atoms with E-state index in [-0.39, 0.29) is 24.8 Å². The van der Waals surface area contributed by atoms with Crippen LogP contribution in [0.25, 0.3) is 0 Å². The maximum absolute atomic E-state index is 6.38. The SMILES string of the molecule is CC1(C)[C@@H]2CC3OB([C@@H](N)COCc4ccccc4)O[C@@]3(C)[C@H]1C2. The minimum Gasteiger partial charge on any atom is -0.404 e. The van der Waals surface area contributed by atoms with Crippen LogP contribution in [-0.4, -0.2) is 31.4 Å². The summed E-state index contributed by atoms with van der Waals surface area (Å²) < 4.78 is 18.3. The van der Waals surface area contributed by atoms with Gasteiger partial charge in [-0.25, -0.2) is 0 Å². The van der Waals surface area contributed by atoms with Crippen molar-refractivity contribution in [1.82, 2.24) is 0 Å². The summed E-state index contributed by atoms with van der Waals surface area (Å²) in [5, 5.41) is 0. The molecule has 0 amide bonds. The Balaban J connectivity index is 1.33. The van der Waals surface area contributed by atoms with Gasteiger partial charge in [-0.1, -0.05) is 44.2 Å². The van der Waals surface area contributed by atoms with E-state index in [9.17, 15) is 0 Å². The lowest BCUT2D eigenvalue weighted by molar-refractivity contribution is -0.199. The first-order valence-corrected chi connectivity index (χ1v) is 9.12. The predicted molar refractivity (Wildman–Crippen MR) is 94.2 cm³/mol. The lowest BCUT2D eigenvalue weighted by atomic mass is 9.43. The van der Waals surface area contributed by atoms with Crippen LogP contribution >= 0.6 is 0 Å². The van der Waals surface area contributed by atoms with Crippen molar-refractivity contribution in [3.05, 3.63) is 35.9 Å². The molecule has 1 heterocycles. The molecule has 5 rings (SSSR count). The maximum Gasteiger partial charge on any atom is 0.478 e. The Kier molecular flexibility index (Phi) is 4.03. The molecule has 1 aromatic carbocycles. The topological polar surface area (TPSA) is 53.7 Å². The molecule has 5 atom stereocenters. The van der Waals surface area contributed by atoms with E-state index in [1.54, 1.807) is 0 Å². The fourth-order valence-corrected chi connectivity index (χ4v) is 5.05. The summed E-state index contributed by atoms with van der Waals surface area (Å²) in [5.41, 5.74) is 7.63. The molecule has 3 saturated carbocycles. The minimum atomic E-state index is -0.356. The summed E-state index contributed by atoms with van der Waals surface area (Å²) in [5.74, 6) is 1.07. The van der Waals surface area contributed by atoms with Gasteiger partial charge in [-0.05, 0) is 42.6 Å². The van der Waals surface area contributed by atoms with Gasteiger partial charge < -0.3 is 19.8 Å². The van der Waals surface area contributed by atoms with Gasteiger partial charge in [0.1, 0.15) is 0 Å². The lowest BCUT2D eigenvalue weighted by Crippen LogP contribution is -2.65. The van der Waals surface area contributed by atoms with E-state index in [1.807, 2.05) is 18.2 Å². The van der Waals surface area contributed by atoms with Crippen LogP contribution in [-0.2, 0) is 20.7 Å². The average molecular weight is 329 g/mol. The van der Waals surface area contributed by atoms with Crippen LogP contribution in [0.3, 0.4) is 0 Å². The first kappa shape index (κ1) is 16.6. The van der Waals surface area contributed by atoms with Gasteiger partial charge in [0.2, 0.25) is 0 Å². The first-order valence-electron chi connectivity index (χ1n) is 9.12. The highest BCUT2D eigenvalue weighted by atomic mass is 16.7. The molecule has 4 nitrogen and oxygen atoms in total. The monoisotopic (exact) mass is 329 g/mol. The van der Waals surface area contributed by atoms with Gasteiger partial charge in [-0.15, -0.1) is 0 Å². The summed E-state index contributed by atoms with van der Waals surface area (Å²) in [4.78, 5) is 0. The van der Waals surface area contributed by atoms with Crippen LogP contribution < -0.4 is 5.73 Å². The molecule has 3 aliphatic carbocycles. The van der Waals surface area contributed by atoms with Gasteiger partial charge in [0.15, 0.2) is 0 Å². The largest absolute Gasteiger partial charge is 0.478 e. The highest BCUT2D eigenvalue weighted by Crippen LogP contribution is 2.65. The zero-order valence-corrected chi connectivity index (χ0v) is 14.9. The molecular weight excluding hydrogens is 301 g/mol. The van der Waals surface area contributed by atoms with Crippen LogP contribution in [0.1, 0.15) is 39.2 Å². The van der Waals surface area contributed by atoms with E-state index in [4.69, 9.17) is 19.8 Å². The van der Waals surface area contributed by atoms with Crippen molar-refractivity contribution in [3.8, 4) is 0 Å². The molecule has 24 heavy (non-hydrogen) atoms. The van der Waals surface area contributed by atoms with Gasteiger partial charge >= 0.3 is 7.12 Å². The number of hydrogen-bond acceptors (Lipinski definition) is 4. The quantitative estimate of drug-likeness (QED) is 0.844. The highest BCUT2D eigenvalue weighted by molar-refractivity contribution is 6.47. The third kappa shape index (κ3) is 2.53. The summed E-state index contributed by atoms with van der Waals surface area (Å²) in [6.45, 7) is 7.97. The molecule has 1 unspecified atom stereocenters. The Labute approximate surface area is 145 Å². The average Bonchev–Trinajstić information content (AvgIpc) is 2.92. The Morgan fingerprint density at radius 2 is 2.00 bits per heavy atom. The Hall–Kier alpha value is -0.875. The van der Waals surface area contributed by atoms with E-state index in [0.717, 1.165) is 17.9 Å². The van der Waals surface area contributed by atoms with E-state index >= 15 is 0 Å². The fourth-order valence-electron chi connectivity index (χ4n) is 5.05. The molecule has 0 radical (unpaired) electrons. The predicted octanol–water partition coefficient (Wildman–Crippen LogP) is 2.80. The second-order valence-electron chi connectivity index (χ2n) is 8.50. The van der Waals surface area contributed by atoms with Gasteiger partial charge in [0.05, 0.1) is 30.9 Å². The first-order chi connectivity index (χ1) is 11.4. The molecule has 1 aromatic rings. The van der Waals surface area contributed by atoms with Crippen LogP contribution in [0, 0.1) is 17.3 Å². The van der Waals surface area contributed by atoms with E-state index in [0.29, 0.717) is 24.5 Å². The van der Waals surface area contributed by atoms with Gasteiger partial charge in [-0.2, -0.15) is 0 Å². The highest BCUT2D eigenvalue weighted by Gasteiger charge is 2.68. The molecule has 5 heteroatoms. The second kappa shape index (κ2) is 5.84. The number of hydrogen-bond donors (Lipinski definition) is 1. The standard InChI is InChI=1S/C19H28BNO3/c1-18(2)14-9-15(18)19(3)16(10-14)23-20(24-19)17(21)12-22-11-13-7-5-4-6-8-13/h4-8,14-17H,9-12,21H2,1-3H3/t14-,15-,16?,17-,19-/m0/s1. The van der Waals surface area contributed by atoms with Crippen molar-refractivity contribution >= 4 is 7.12 Å². The molecule has 2 N–H and O–H groups in total. The number of ether oxygens (including phenoxy) is 1. The van der Waals surface area contributed by atoms with Crippen molar-refractivity contribution in [1.29, 1.82) is 0 Å². The molecule has 2 bridgehead atoms. The summed E-state index contributed by atoms with van der Waals surface area (Å²) in [6, 6.07) is 10.1. The molecular formula is C19H28BNO3. The maximum atomic E-state index is 6.38. The molecule has 0 spiro atoms. The molecule has 4 fully saturated rings.